The molecule has 9 nitrogen and oxygen atoms in total. The van der Waals surface area contributed by atoms with Crippen LogP contribution in [0.5, 0.6) is 0 Å². The Morgan fingerprint density at radius 2 is 1.97 bits per heavy atom. The zero-order valence-electron chi connectivity index (χ0n) is 19.6. The number of anilines is 2. The first-order valence-electron chi connectivity index (χ1n) is 11.5. The molecule has 36 heavy (non-hydrogen) atoms. The largest absolute Gasteiger partial charge is 0.422 e. The predicted molar refractivity (Wildman–Crippen MR) is 127 cm³/mol. The summed E-state index contributed by atoms with van der Waals surface area (Å²) in [6.07, 6.45) is -2.66. The van der Waals surface area contributed by atoms with Crippen LogP contribution in [0, 0.1) is 0 Å². The van der Waals surface area contributed by atoms with Crippen molar-refractivity contribution in [3.63, 3.8) is 0 Å². The van der Waals surface area contributed by atoms with Crippen LogP contribution >= 0.6 is 0 Å². The number of benzene rings is 1. The number of alkyl halides is 3. The van der Waals surface area contributed by atoms with Crippen LogP contribution in [0.2, 0.25) is 0 Å². The van der Waals surface area contributed by atoms with Crippen LogP contribution in [0.3, 0.4) is 0 Å². The minimum absolute atomic E-state index is 0.0110. The van der Waals surface area contributed by atoms with Crippen LogP contribution < -0.4 is 16.2 Å². The number of fused-ring (bicyclic) bond motifs is 2. The lowest BCUT2D eigenvalue weighted by atomic mass is 10.0. The van der Waals surface area contributed by atoms with Crippen molar-refractivity contribution in [3.05, 3.63) is 69.8 Å². The molecule has 1 unspecified atom stereocenters. The van der Waals surface area contributed by atoms with E-state index in [1.165, 1.54) is 38.8 Å². The van der Waals surface area contributed by atoms with E-state index in [0.29, 0.717) is 6.92 Å². The van der Waals surface area contributed by atoms with E-state index in [0.717, 1.165) is 31.3 Å². The molecule has 188 valence electrons. The first kappa shape index (κ1) is 23.9. The van der Waals surface area contributed by atoms with Crippen molar-refractivity contribution in [2.45, 2.75) is 45.1 Å². The number of pyridine rings is 1. The van der Waals surface area contributed by atoms with Crippen molar-refractivity contribution in [1.82, 2.24) is 29.6 Å². The van der Waals surface area contributed by atoms with Crippen LogP contribution in [-0.4, -0.2) is 42.1 Å². The Hall–Kier alpha value is -3.77. The van der Waals surface area contributed by atoms with Crippen LogP contribution in [0.25, 0.3) is 16.9 Å². The van der Waals surface area contributed by atoms with Gasteiger partial charge in [-0.3, -0.25) is 4.79 Å². The summed E-state index contributed by atoms with van der Waals surface area (Å²) in [7, 11) is 0. The Morgan fingerprint density at radius 3 is 2.72 bits per heavy atom. The molecular weight excluding hydrogens is 475 g/mol. The predicted octanol–water partition coefficient (Wildman–Crippen LogP) is 3.16. The van der Waals surface area contributed by atoms with Crippen molar-refractivity contribution in [2.24, 2.45) is 0 Å². The number of halogens is 3. The molecule has 4 aromatic rings. The van der Waals surface area contributed by atoms with Gasteiger partial charge in [-0.1, -0.05) is 12.1 Å². The molecule has 0 aliphatic carbocycles. The molecule has 5 rings (SSSR count). The molecule has 12 heteroatoms. The Kier molecular flexibility index (Phi) is 5.80. The standard InChI is InChI=1S/C24H24F3N7O2/c1-3-33-21(35)17-13-29-22(30-16-8-7-15-12-28-10-9-14(15)11-16)32-20(17)34(33)19-6-4-5-18(31-19)23(2,36)24(25,26)27/h4-8,11,13,28,36H,3,9-10,12H2,1-2H3,(H,29,30,32). The van der Waals surface area contributed by atoms with E-state index < -0.39 is 23.0 Å². The van der Waals surface area contributed by atoms with Crippen LogP contribution in [0.1, 0.15) is 30.7 Å². The molecule has 0 bridgehead atoms. The molecule has 3 N–H and O–H groups in total. The number of aliphatic hydroxyl groups is 1. The molecule has 1 aliphatic heterocycles. The summed E-state index contributed by atoms with van der Waals surface area (Å²) in [6.45, 7) is 4.27. The van der Waals surface area contributed by atoms with Crippen molar-refractivity contribution in [3.8, 4) is 5.82 Å². The molecule has 0 saturated heterocycles. The maximum atomic E-state index is 13.4. The first-order chi connectivity index (χ1) is 17.1. The third-order valence-corrected chi connectivity index (χ3v) is 6.33. The van der Waals surface area contributed by atoms with E-state index in [1.54, 1.807) is 6.92 Å². The molecule has 1 aliphatic rings. The number of hydrogen-bond acceptors (Lipinski definition) is 7. The van der Waals surface area contributed by atoms with E-state index in [9.17, 15) is 23.1 Å². The summed E-state index contributed by atoms with van der Waals surface area (Å²) in [5, 5.41) is 16.8. The molecule has 0 radical (unpaired) electrons. The molecule has 0 fully saturated rings. The normalized spacial score (nSPS) is 15.5. The molecule has 3 aromatic heterocycles. The van der Waals surface area contributed by atoms with Gasteiger partial charge in [0.15, 0.2) is 17.1 Å². The van der Waals surface area contributed by atoms with E-state index >= 15 is 0 Å². The Balaban J connectivity index is 1.60. The highest BCUT2D eigenvalue weighted by Crippen LogP contribution is 2.37. The second-order valence-corrected chi connectivity index (χ2v) is 8.75. The van der Waals surface area contributed by atoms with Gasteiger partial charge in [-0.15, -0.1) is 0 Å². The van der Waals surface area contributed by atoms with Gasteiger partial charge in [-0.05, 0) is 62.2 Å². The zero-order chi connectivity index (χ0) is 25.7. The van der Waals surface area contributed by atoms with Crippen LogP contribution in [0.4, 0.5) is 24.8 Å². The van der Waals surface area contributed by atoms with Crippen LogP contribution in [0.15, 0.2) is 47.4 Å². The Morgan fingerprint density at radius 1 is 1.17 bits per heavy atom. The van der Waals surface area contributed by atoms with E-state index in [4.69, 9.17) is 0 Å². The van der Waals surface area contributed by atoms with Gasteiger partial charge in [0.1, 0.15) is 5.39 Å². The van der Waals surface area contributed by atoms with Gasteiger partial charge in [-0.25, -0.2) is 19.3 Å². The van der Waals surface area contributed by atoms with Crippen molar-refractivity contribution >= 4 is 22.7 Å². The zero-order valence-corrected chi connectivity index (χ0v) is 19.6. The third-order valence-electron chi connectivity index (χ3n) is 6.33. The fraction of sp³-hybridized carbons (Fsp3) is 0.333. The maximum absolute atomic E-state index is 13.4. The lowest BCUT2D eigenvalue weighted by Crippen LogP contribution is -2.40. The summed E-state index contributed by atoms with van der Waals surface area (Å²) < 4.78 is 43.0. The minimum Gasteiger partial charge on any atom is -0.375 e. The molecule has 1 atom stereocenters. The quantitative estimate of drug-likeness (QED) is 0.387. The fourth-order valence-electron chi connectivity index (χ4n) is 4.25. The SMILES string of the molecule is CCn1c(=O)c2cnc(Nc3ccc4c(c3)CCNC4)nc2n1-c1cccc(C(C)(O)C(F)(F)F)n1. The Labute approximate surface area is 203 Å². The molecule has 1 aromatic carbocycles. The number of aromatic nitrogens is 5. The monoisotopic (exact) mass is 499 g/mol. The van der Waals surface area contributed by atoms with E-state index in [1.807, 2.05) is 18.2 Å². The van der Waals surface area contributed by atoms with Gasteiger partial charge in [-0.2, -0.15) is 18.2 Å². The van der Waals surface area contributed by atoms with E-state index in [2.05, 4.69) is 25.6 Å². The van der Waals surface area contributed by atoms with Gasteiger partial charge >= 0.3 is 6.18 Å². The number of hydrogen-bond donors (Lipinski definition) is 3. The average Bonchev–Trinajstić information content (AvgIpc) is 3.14. The summed E-state index contributed by atoms with van der Waals surface area (Å²) >= 11 is 0. The summed E-state index contributed by atoms with van der Waals surface area (Å²) in [5.74, 6) is 0.230. The first-order valence-corrected chi connectivity index (χ1v) is 11.5. The van der Waals surface area contributed by atoms with E-state index in [-0.39, 0.29) is 29.3 Å². The van der Waals surface area contributed by atoms with Crippen molar-refractivity contribution in [2.75, 3.05) is 11.9 Å². The highest BCUT2D eigenvalue weighted by molar-refractivity contribution is 5.77. The molecular formula is C24H24F3N7O2. The number of rotatable bonds is 5. The van der Waals surface area contributed by atoms with Crippen molar-refractivity contribution in [1.29, 1.82) is 0 Å². The summed E-state index contributed by atoms with van der Waals surface area (Å²) in [5.41, 5.74) is -0.787. The highest BCUT2D eigenvalue weighted by atomic mass is 19.4. The lowest BCUT2D eigenvalue weighted by Gasteiger charge is -2.26. The Bertz CT molecular complexity index is 1510. The maximum Gasteiger partial charge on any atom is 0.422 e. The van der Waals surface area contributed by atoms with Gasteiger partial charge in [0.05, 0.1) is 5.69 Å². The van der Waals surface area contributed by atoms with Gasteiger partial charge in [0.2, 0.25) is 5.95 Å². The second-order valence-electron chi connectivity index (χ2n) is 8.75. The molecule has 0 spiro atoms. The summed E-state index contributed by atoms with van der Waals surface area (Å²) in [6, 6.07) is 9.84. The molecule has 0 amide bonds. The molecule has 0 saturated carbocycles. The van der Waals surface area contributed by atoms with Crippen LogP contribution in [-0.2, 0) is 25.1 Å². The smallest absolute Gasteiger partial charge is 0.375 e. The van der Waals surface area contributed by atoms with Gasteiger partial charge in [0, 0.05) is 25.0 Å². The third kappa shape index (κ3) is 4.01. The number of nitrogens with zero attached hydrogens (tertiary/aromatic N) is 5. The number of nitrogens with one attached hydrogen (secondary N) is 2. The second kappa shape index (κ2) is 8.71. The lowest BCUT2D eigenvalue weighted by molar-refractivity contribution is -0.260. The van der Waals surface area contributed by atoms with Gasteiger partial charge < -0.3 is 15.7 Å². The fourth-order valence-corrected chi connectivity index (χ4v) is 4.25. The summed E-state index contributed by atoms with van der Waals surface area (Å²) in [4.78, 5) is 25.9. The topological polar surface area (TPSA) is 110 Å². The van der Waals surface area contributed by atoms with Crippen molar-refractivity contribution < 1.29 is 18.3 Å². The average molecular weight is 499 g/mol. The highest BCUT2D eigenvalue weighted by Gasteiger charge is 2.52. The minimum atomic E-state index is -4.94. The molecule has 4 heterocycles. The van der Waals surface area contributed by atoms with Gasteiger partial charge in [0.25, 0.3) is 5.56 Å².